The van der Waals surface area contributed by atoms with Crippen LogP contribution in [0.2, 0.25) is 0 Å². The second kappa shape index (κ2) is 8.97. The Morgan fingerprint density at radius 1 is 1.24 bits per heavy atom. The van der Waals surface area contributed by atoms with Crippen molar-refractivity contribution in [1.29, 1.82) is 0 Å². The van der Waals surface area contributed by atoms with Crippen molar-refractivity contribution in [1.82, 2.24) is 5.32 Å². The maximum atomic E-state index is 5.61. The van der Waals surface area contributed by atoms with Gasteiger partial charge in [0, 0.05) is 6.61 Å². The first-order chi connectivity index (χ1) is 8.36. The van der Waals surface area contributed by atoms with Crippen molar-refractivity contribution in [2.24, 2.45) is 0 Å². The van der Waals surface area contributed by atoms with E-state index >= 15 is 0 Å². The van der Waals surface area contributed by atoms with E-state index in [4.69, 9.17) is 4.74 Å². The standard InChI is InChI=1S/C15H23NO/c1-3-5-13-16-15(17-4-2)12-11-14-9-7-6-8-10-14/h6-12,15-16H,3-5,13H2,1-2H3. The maximum absolute atomic E-state index is 5.61. The van der Waals surface area contributed by atoms with Crippen LogP contribution in [-0.4, -0.2) is 19.4 Å². The Balaban J connectivity index is 2.45. The predicted octanol–water partition coefficient (Wildman–Crippen LogP) is 3.45. The van der Waals surface area contributed by atoms with E-state index < -0.39 is 0 Å². The molecule has 1 unspecified atom stereocenters. The van der Waals surface area contributed by atoms with Gasteiger partial charge >= 0.3 is 0 Å². The summed E-state index contributed by atoms with van der Waals surface area (Å²) in [4.78, 5) is 0. The van der Waals surface area contributed by atoms with Gasteiger partial charge in [0.15, 0.2) is 0 Å². The van der Waals surface area contributed by atoms with Gasteiger partial charge in [0.2, 0.25) is 0 Å². The number of ether oxygens (including phenoxy) is 1. The maximum Gasteiger partial charge on any atom is 0.127 e. The smallest absolute Gasteiger partial charge is 0.127 e. The molecule has 0 fully saturated rings. The molecule has 1 rings (SSSR count). The van der Waals surface area contributed by atoms with E-state index in [1.807, 2.05) is 25.1 Å². The SMILES string of the molecule is CCCCNC(C=Cc1ccccc1)OCC. The highest BCUT2D eigenvalue weighted by molar-refractivity contribution is 5.49. The summed E-state index contributed by atoms with van der Waals surface area (Å²) < 4.78 is 5.61. The van der Waals surface area contributed by atoms with Crippen LogP contribution in [-0.2, 0) is 4.74 Å². The Morgan fingerprint density at radius 2 is 2.00 bits per heavy atom. The molecule has 1 aromatic carbocycles. The minimum Gasteiger partial charge on any atom is -0.360 e. The van der Waals surface area contributed by atoms with Crippen LogP contribution >= 0.6 is 0 Å². The summed E-state index contributed by atoms with van der Waals surface area (Å²) in [6.07, 6.45) is 6.58. The lowest BCUT2D eigenvalue weighted by Crippen LogP contribution is -2.30. The van der Waals surface area contributed by atoms with E-state index in [1.54, 1.807) is 0 Å². The van der Waals surface area contributed by atoms with Crippen LogP contribution in [0.25, 0.3) is 6.08 Å². The number of hydrogen-bond acceptors (Lipinski definition) is 2. The average molecular weight is 233 g/mol. The second-order valence-electron chi connectivity index (χ2n) is 3.95. The predicted molar refractivity (Wildman–Crippen MR) is 73.8 cm³/mol. The Hall–Kier alpha value is -1.12. The van der Waals surface area contributed by atoms with E-state index in [-0.39, 0.29) is 6.23 Å². The largest absolute Gasteiger partial charge is 0.360 e. The van der Waals surface area contributed by atoms with Gasteiger partial charge in [0.05, 0.1) is 0 Å². The van der Waals surface area contributed by atoms with Crippen molar-refractivity contribution >= 4 is 6.08 Å². The van der Waals surface area contributed by atoms with Crippen molar-refractivity contribution in [3.05, 3.63) is 42.0 Å². The molecule has 1 N–H and O–H groups in total. The molecular weight excluding hydrogens is 210 g/mol. The first-order valence-corrected chi connectivity index (χ1v) is 6.45. The monoisotopic (exact) mass is 233 g/mol. The third-order valence-corrected chi connectivity index (χ3v) is 2.49. The van der Waals surface area contributed by atoms with Crippen LogP contribution < -0.4 is 5.32 Å². The van der Waals surface area contributed by atoms with E-state index in [2.05, 4.69) is 36.5 Å². The molecule has 2 heteroatoms. The fourth-order valence-corrected chi connectivity index (χ4v) is 1.55. The van der Waals surface area contributed by atoms with E-state index in [1.165, 1.54) is 18.4 Å². The lowest BCUT2D eigenvalue weighted by atomic mass is 10.2. The van der Waals surface area contributed by atoms with Crippen molar-refractivity contribution in [2.45, 2.75) is 32.9 Å². The molecule has 0 spiro atoms. The number of unbranched alkanes of at least 4 members (excludes halogenated alkanes) is 1. The molecule has 0 bridgehead atoms. The van der Waals surface area contributed by atoms with Crippen LogP contribution in [0.5, 0.6) is 0 Å². The molecule has 2 nitrogen and oxygen atoms in total. The van der Waals surface area contributed by atoms with Gasteiger partial charge in [0.1, 0.15) is 6.23 Å². The third kappa shape index (κ3) is 6.25. The van der Waals surface area contributed by atoms with Gasteiger partial charge in [-0.2, -0.15) is 0 Å². The van der Waals surface area contributed by atoms with Gasteiger partial charge in [-0.25, -0.2) is 0 Å². The van der Waals surface area contributed by atoms with E-state index in [9.17, 15) is 0 Å². The highest BCUT2D eigenvalue weighted by Crippen LogP contribution is 2.03. The summed E-state index contributed by atoms with van der Waals surface area (Å²) in [5.74, 6) is 0. The molecule has 0 aromatic heterocycles. The first kappa shape index (κ1) is 13.9. The van der Waals surface area contributed by atoms with Crippen molar-refractivity contribution in [3.63, 3.8) is 0 Å². The Labute approximate surface area is 105 Å². The molecule has 0 saturated carbocycles. The Bertz CT molecular complexity index is 308. The molecule has 17 heavy (non-hydrogen) atoms. The quantitative estimate of drug-likeness (QED) is 0.548. The van der Waals surface area contributed by atoms with Crippen molar-refractivity contribution < 1.29 is 4.74 Å². The minimum absolute atomic E-state index is 0.0201. The topological polar surface area (TPSA) is 21.3 Å². The molecule has 94 valence electrons. The number of hydrogen-bond donors (Lipinski definition) is 1. The van der Waals surface area contributed by atoms with Gasteiger partial charge in [0.25, 0.3) is 0 Å². The zero-order chi connectivity index (χ0) is 12.3. The first-order valence-electron chi connectivity index (χ1n) is 6.45. The van der Waals surface area contributed by atoms with Gasteiger partial charge in [-0.1, -0.05) is 49.8 Å². The van der Waals surface area contributed by atoms with Crippen LogP contribution in [0.3, 0.4) is 0 Å². The molecule has 0 aliphatic carbocycles. The van der Waals surface area contributed by atoms with Crippen LogP contribution in [0, 0.1) is 0 Å². The summed E-state index contributed by atoms with van der Waals surface area (Å²) >= 11 is 0. The van der Waals surface area contributed by atoms with Crippen LogP contribution in [0.1, 0.15) is 32.3 Å². The third-order valence-electron chi connectivity index (χ3n) is 2.49. The van der Waals surface area contributed by atoms with Gasteiger partial charge in [-0.05, 0) is 31.5 Å². The molecule has 0 amide bonds. The van der Waals surface area contributed by atoms with E-state index in [0.717, 1.165) is 13.2 Å². The molecule has 0 aliphatic rings. The fourth-order valence-electron chi connectivity index (χ4n) is 1.55. The van der Waals surface area contributed by atoms with Crippen molar-refractivity contribution in [3.8, 4) is 0 Å². The lowest BCUT2D eigenvalue weighted by molar-refractivity contribution is 0.0729. The zero-order valence-electron chi connectivity index (χ0n) is 10.9. The second-order valence-corrected chi connectivity index (χ2v) is 3.95. The van der Waals surface area contributed by atoms with Crippen LogP contribution in [0.4, 0.5) is 0 Å². The Kier molecular flexibility index (Phi) is 7.35. The molecule has 1 atom stereocenters. The number of nitrogens with one attached hydrogen (secondary N) is 1. The van der Waals surface area contributed by atoms with Crippen molar-refractivity contribution in [2.75, 3.05) is 13.2 Å². The molecule has 1 aromatic rings. The average Bonchev–Trinajstić information content (AvgIpc) is 2.37. The van der Waals surface area contributed by atoms with Gasteiger partial charge in [-0.3, -0.25) is 5.32 Å². The van der Waals surface area contributed by atoms with Gasteiger partial charge < -0.3 is 4.74 Å². The van der Waals surface area contributed by atoms with Crippen LogP contribution in [0.15, 0.2) is 36.4 Å². The highest BCUT2D eigenvalue weighted by atomic mass is 16.5. The summed E-state index contributed by atoms with van der Waals surface area (Å²) in [6.45, 7) is 5.94. The lowest BCUT2D eigenvalue weighted by Gasteiger charge is -2.14. The number of rotatable bonds is 8. The number of benzene rings is 1. The van der Waals surface area contributed by atoms with E-state index in [0.29, 0.717) is 0 Å². The fraction of sp³-hybridized carbons (Fsp3) is 0.467. The summed E-state index contributed by atoms with van der Waals surface area (Å²) in [7, 11) is 0. The normalized spacial score (nSPS) is 13.1. The Morgan fingerprint density at radius 3 is 2.65 bits per heavy atom. The zero-order valence-corrected chi connectivity index (χ0v) is 10.9. The summed E-state index contributed by atoms with van der Waals surface area (Å²) in [5, 5.41) is 3.38. The summed E-state index contributed by atoms with van der Waals surface area (Å²) in [6, 6.07) is 10.3. The highest BCUT2D eigenvalue weighted by Gasteiger charge is 2.01. The molecule has 0 heterocycles. The molecule has 0 saturated heterocycles. The molecule has 0 aliphatic heterocycles. The summed E-state index contributed by atoms with van der Waals surface area (Å²) in [5.41, 5.74) is 1.20. The van der Waals surface area contributed by atoms with Gasteiger partial charge in [-0.15, -0.1) is 0 Å². The minimum atomic E-state index is 0.0201. The molecule has 0 radical (unpaired) electrons. The molecular formula is C15H23NO.